The minimum atomic E-state index is 0.602. The zero-order chi connectivity index (χ0) is 12.4. The van der Waals surface area contributed by atoms with Gasteiger partial charge in [-0.05, 0) is 25.2 Å². The lowest BCUT2D eigenvalue weighted by Gasteiger charge is -2.25. The van der Waals surface area contributed by atoms with Crippen molar-refractivity contribution in [3.63, 3.8) is 0 Å². The first-order valence-electron chi connectivity index (χ1n) is 7.16. The lowest BCUT2D eigenvalue weighted by atomic mass is 9.83. The first-order valence-corrected chi connectivity index (χ1v) is 7.16. The average Bonchev–Trinajstić information content (AvgIpc) is 3.16. The minimum Gasteiger partial charge on any atom is -0.373 e. The molecule has 0 atom stereocenters. The van der Waals surface area contributed by atoms with E-state index in [0.717, 1.165) is 29.9 Å². The second-order valence-corrected chi connectivity index (χ2v) is 5.53. The molecule has 0 amide bonds. The van der Waals surface area contributed by atoms with Gasteiger partial charge in [-0.15, -0.1) is 0 Å². The normalized spacial score (nSPS) is 19.4. The van der Waals surface area contributed by atoms with Crippen molar-refractivity contribution < 1.29 is 0 Å². The summed E-state index contributed by atoms with van der Waals surface area (Å²) in [7, 11) is 1.91. The van der Waals surface area contributed by atoms with Crippen LogP contribution in [-0.4, -0.2) is 23.6 Å². The van der Waals surface area contributed by atoms with E-state index in [1.165, 1.54) is 38.5 Å². The van der Waals surface area contributed by atoms with Gasteiger partial charge in [0.05, 0.1) is 0 Å². The van der Waals surface area contributed by atoms with Crippen LogP contribution >= 0.6 is 0 Å². The third-order valence-electron chi connectivity index (χ3n) is 4.03. The molecule has 2 saturated carbocycles. The summed E-state index contributed by atoms with van der Waals surface area (Å²) in [4.78, 5) is 9.14. The molecule has 0 aromatic carbocycles. The van der Waals surface area contributed by atoms with Crippen LogP contribution in [0.3, 0.4) is 0 Å². The van der Waals surface area contributed by atoms with Gasteiger partial charge < -0.3 is 10.6 Å². The fraction of sp³-hybridized carbons (Fsp3) is 0.714. The summed E-state index contributed by atoms with van der Waals surface area (Å²) in [5.41, 5.74) is 0. The second-order valence-electron chi connectivity index (χ2n) is 5.53. The van der Waals surface area contributed by atoms with E-state index in [1.807, 2.05) is 13.1 Å². The molecule has 18 heavy (non-hydrogen) atoms. The van der Waals surface area contributed by atoms with Crippen molar-refractivity contribution in [2.45, 2.75) is 44.4 Å². The maximum atomic E-state index is 4.62. The van der Waals surface area contributed by atoms with Crippen molar-refractivity contribution in [3.05, 3.63) is 11.9 Å². The summed E-state index contributed by atoms with van der Waals surface area (Å²) in [5, 5.41) is 6.57. The van der Waals surface area contributed by atoms with Gasteiger partial charge in [-0.3, -0.25) is 0 Å². The van der Waals surface area contributed by atoms with Gasteiger partial charge in [-0.2, -0.15) is 0 Å². The van der Waals surface area contributed by atoms with Gasteiger partial charge in [0.2, 0.25) is 0 Å². The van der Waals surface area contributed by atoms with Crippen LogP contribution in [0.4, 0.5) is 11.6 Å². The van der Waals surface area contributed by atoms with Gasteiger partial charge >= 0.3 is 0 Å². The highest BCUT2D eigenvalue weighted by Gasteiger charge is 2.27. The van der Waals surface area contributed by atoms with Crippen LogP contribution in [-0.2, 0) is 0 Å². The zero-order valence-corrected chi connectivity index (χ0v) is 11.1. The number of nitrogens with one attached hydrogen (secondary N) is 2. The lowest BCUT2D eigenvalue weighted by Crippen LogP contribution is -2.16. The summed E-state index contributed by atoms with van der Waals surface area (Å²) >= 11 is 0. The lowest BCUT2D eigenvalue weighted by molar-refractivity contribution is 0.303. The van der Waals surface area contributed by atoms with Crippen molar-refractivity contribution in [1.82, 2.24) is 9.97 Å². The third kappa shape index (κ3) is 2.74. The van der Waals surface area contributed by atoms with E-state index in [4.69, 9.17) is 0 Å². The molecule has 0 aliphatic heterocycles. The number of aromatic nitrogens is 2. The van der Waals surface area contributed by atoms with Crippen LogP contribution in [0.1, 0.15) is 50.3 Å². The Morgan fingerprint density at radius 1 is 1.17 bits per heavy atom. The van der Waals surface area contributed by atoms with E-state index in [2.05, 4.69) is 20.6 Å². The van der Waals surface area contributed by atoms with Crippen LogP contribution in [0.5, 0.6) is 0 Å². The number of nitrogens with zero attached hydrogens (tertiary/aromatic N) is 2. The summed E-state index contributed by atoms with van der Waals surface area (Å²) in [6.07, 6.45) is 8.02. The number of hydrogen-bond acceptors (Lipinski definition) is 4. The van der Waals surface area contributed by atoms with E-state index in [1.54, 1.807) is 0 Å². The van der Waals surface area contributed by atoms with Gasteiger partial charge in [0.15, 0.2) is 0 Å². The highest BCUT2D eigenvalue weighted by molar-refractivity contribution is 5.47. The number of rotatable bonds is 6. The molecule has 0 saturated heterocycles. The monoisotopic (exact) mass is 246 g/mol. The molecule has 4 heteroatoms. The quantitative estimate of drug-likeness (QED) is 0.810. The molecule has 0 spiro atoms. The molecule has 1 aromatic rings. The molecule has 2 aliphatic carbocycles. The standard InChI is InChI=1S/C14H22N4/c1-15-12-9-13(16-8-7-10-3-2-4-10)18-14(17-12)11-5-6-11/h9-11H,2-8H2,1H3,(H2,15,16,17,18). The molecule has 0 bridgehead atoms. The Kier molecular flexibility index (Phi) is 3.35. The first-order chi connectivity index (χ1) is 8.85. The molecule has 1 heterocycles. The van der Waals surface area contributed by atoms with Gasteiger partial charge in [0.25, 0.3) is 0 Å². The summed E-state index contributed by atoms with van der Waals surface area (Å²) in [5.74, 6) is 4.47. The highest BCUT2D eigenvalue weighted by Crippen LogP contribution is 2.38. The van der Waals surface area contributed by atoms with E-state index < -0.39 is 0 Å². The molecule has 98 valence electrons. The largest absolute Gasteiger partial charge is 0.373 e. The molecule has 0 unspecified atom stereocenters. The predicted molar refractivity (Wildman–Crippen MR) is 74.0 cm³/mol. The van der Waals surface area contributed by atoms with Crippen LogP contribution in [0.15, 0.2) is 6.07 Å². The number of hydrogen-bond donors (Lipinski definition) is 2. The maximum Gasteiger partial charge on any atom is 0.136 e. The SMILES string of the molecule is CNc1cc(NCCC2CCC2)nc(C2CC2)n1. The molecule has 2 N–H and O–H groups in total. The Hall–Kier alpha value is -1.32. The fourth-order valence-electron chi connectivity index (χ4n) is 2.39. The van der Waals surface area contributed by atoms with Gasteiger partial charge in [-0.1, -0.05) is 19.3 Å². The van der Waals surface area contributed by atoms with Gasteiger partial charge in [-0.25, -0.2) is 9.97 Å². The van der Waals surface area contributed by atoms with Crippen molar-refractivity contribution in [2.24, 2.45) is 5.92 Å². The topological polar surface area (TPSA) is 49.8 Å². The molecule has 2 fully saturated rings. The summed E-state index contributed by atoms with van der Waals surface area (Å²) in [6.45, 7) is 1.04. The average molecular weight is 246 g/mol. The Balaban J connectivity index is 1.60. The van der Waals surface area contributed by atoms with Crippen molar-refractivity contribution in [2.75, 3.05) is 24.2 Å². The van der Waals surface area contributed by atoms with Crippen LogP contribution < -0.4 is 10.6 Å². The maximum absolute atomic E-state index is 4.62. The Morgan fingerprint density at radius 2 is 1.94 bits per heavy atom. The Morgan fingerprint density at radius 3 is 2.56 bits per heavy atom. The molecule has 1 aromatic heterocycles. The van der Waals surface area contributed by atoms with E-state index in [-0.39, 0.29) is 0 Å². The molecule has 4 nitrogen and oxygen atoms in total. The molecule has 0 radical (unpaired) electrons. The minimum absolute atomic E-state index is 0.602. The van der Waals surface area contributed by atoms with Crippen LogP contribution in [0, 0.1) is 5.92 Å². The van der Waals surface area contributed by atoms with Crippen molar-refractivity contribution in [3.8, 4) is 0 Å². The first kappa shape index (κ1) is 11.8. The summed E-state index contributed by atoms with van der Waals surface area (Å²) in [6, 6.07) is 2.01. The predicted octanol–water partition coefficient (Wildman–Crippen LogP) is 3.00. The summed E-state index contributed by atoms with van der Waals surface area (Å²) < 4.78 is 0. The van der Waals surface area contributed by atoms with E-state index in [0.29, 0.717) is 5.92 Å². The number of anilines is 2. The molecule has 3 rings (SSSR count). The van der Waals surface area contributed by atoms with Crippen LogP contribution in [0.2, 0.25) is 0 Å². The molecular weight excluding hydrogens is 224 g/mol. The second kappa shape index (κ2) is 5.12. The van der Waals surface area contributed by atoms with E-state index >= 15 is 0 Å². The Labute approximate surface area is 109 Å². The molecule has 2 aliphatic rings. The molecular formula is C14H22N4. The van der Waals surface area contributed by atoms with E-state index in [9.17, 15) is 0 Å². The third-order valence-corrected chi connectivity index (χ3v) is 4.03. The van der Waals surface area contributed by atoms with Gasteiger partial charge in [0.1, 0.15) is 17.5 Å². The fourth-order valence-corrected chi connectivity index (χ4v) is 2.39. The van der Waals surface area contributed by atoms with Crippen LogP contribution in [0.25, 0.3) is 0 Å². The highest BCUT2D eigenvalue weighted by atomic mass is 15.1. The van der Waals surface area contributed by atoms with Crippen molar-refractivity contribution >= 4 is 11.6 Å². The van der Waals surface area contributed by atoms with Crippen molar-refractivity contribution in [1.29, 1.82) is 0 Å². The zero-order valence-electron chi connectivity index (χ0n) is 11.1. The smallest absolute Gasteiger partial charge is 0.136 e. The van der Waals surface area contributed by atoms with Gasteiger partial charge in [0, 0.05) is 25.6 Å². The Bertz CT molecular complexity index is 410.